The molecule has 45 heavy (non-hydrogen) atoms. The summed E-state index contributed by atoms with van der Waals surface area (Å²) in [6, 6.07) is 22.6. The lowest BCUT2D eigenvalue weighted by atomic mass is 9.44. The van der Waals surface area contributed by atoms with Crippen LogP contribution in [0.4, 0.5) is 4.79 Å². The molecule has 1 saturated heterocycles. The first-order valence-corrected chi connectivity index (χ1v) is 15.1. The molecule has 9 heteroatoms. The standard InChI is InChI=1S/C36H28ClNO7/c1-45-35(44)38-33(42)23-14-13-22-25(30(23)34(38)43)17-27-32(41)24(19-8-4-2-5-9-19)18-29(40)36(27,20-10-6-3-7-11-20)31(22)26-16-21(37)12-15-28(26)39/h2-13,15-16,18,23,25,27,30-31,39H,14,17H2,1H3. The molecule has 3 amide bonds. The summed E-state index contributed by atoms with van der Waals surface area (Å²) in [4.78, 5) is 70.0. The number of hydrogen-bond acceptors (Lipinski definition) is 7. The van der Waals surface area contributed by atoms with Gasteiger partial charge in [-0.2, -0.15) is 4.90 Å². The van der Waals surface area contributed by atoms with E-state index in [1.54, 1.807) is 42.5 Å². The number of imide groups is 3. The Morgan fingerprint density at radius 1 is 0.933 bits per heavy atom. The Balaban J connectivity index is 1.51. The number of carbonyl (C=O) groups excluding carboxylic acids is 5. The number of allylic oxidation sites excluding steroid dienone is 4. The number of rotatable bonds is 3. The summed E-state index contributed by atoms with van der Waals surface area (Å²) in [5, 5.41) is 11.7. The summed E-state index contributed by atoms with van der Waals surface area (Å²) < 4.78 is 4.76. The highest BCUT2D eigenvalue weighted by atomic mass is 35.5. The third kappa shape index (κ3) is 4.08. The van der Waals surface area contributed by atoms with Gasteiger partial charge in [0.2, 0.25) is 11.8 Å². The maximum Gasteiger partial charge on any atom is 0.423 e. The molecule has 8 nitrogen and oxygen atoms in total. The second-order valence-electron chi connectivity index (χ2n) is 12.0. The van der Waals surface area contributed by atoms with E-state index in [1.165, 1.54) is 18.2 Å². The van der Waals surface area contributed by atoms with Crippen molar-refractivity contribution in [2.24, 2.45) is 23.7 Å². The monoisotopic (exact) mass is 621 g/mol. The van der Waals surface area contributed by atoms with Crippen molar-refractivity contribution in [3.63, 3.8) is 0 Å². The molecule has 4 aliphatic rings. The van der Waals surface area contributed by atoms with Gasteiger partial charge in [0.1, 0.15) is 5.75 Å². The van der Waals surface area contributed by atoms with E-state index in [-0.39, 0.29) is 35.7 Å². The lowest BCUT2D eigenvalue weighted by Gasteiger charge is -2.55. The van der Waals surface area contributed by atoms with Gasteiger partial charge in [-0.25, -0.2) is 4.79 Å². The van der Waals surface area contributed by atoms with Crippen LogP contribution in [0.2, 0.25) is 5.02 Å². The Labute approximate surface area is 263 Å². The van der Waals surface area contributed by atoms with Gasteiger partial charge in [-0.1, -0.05) is 83.9 Å². The van der Waals surface area contributed by atoms with Crippen molar-refractivity contribution in [1.29, 1.82) is 0 Å². The lowest BCUT2D eigenvalue weighted by molar-refractivity contribution is -0.138. The fraction of sp³-hybridized carbons (Fsp3) is 0.250. The van der Waals surface area contributed by atoms with E-state index in [0.29, 0.717) is 32.2 Å². The number of phenolic OH excluding ortho intramolecular Hbond substituents is 1. The number of aromatic hydroxyl groups is 1. The van der Waals surface area contributed by atoms with Crippen LogP contribution < -0.4 is 0 Å². The van der Waals surface area contributed by atoms with E-state index in [1.807, 2.05) is 30.3 Å². The second-order valence-corrected chi connectivity index (χ2v) is 12.4. The summed E-state index contributed by atoms with van der Waals surface area (Å²) in [6.07, 6.45) is 2.40. The molecule has 226 valence electrons. The van der Waals surface area contributed by atoms with Crippen LogP contribution in [0.1, 0.15) is 35.4 Å². The van der Waals surface area contributed by atoms with Crippen molar-refractivity contribution in [1.82, 2.24) is 4.90 Å². The number of halogens is 1. The number of ether oxygens (including phenoxy) is 1. The van der Waals surface area contributed by atoms with Crippen LogP contribution in [0, 0.1) is 23.7 Å². The maximum absolute atomic E-state index is 14.9. The molecule has 1 N–H and O–H groups in total. The Hall–Kier alpha value is -4.82. The number of Topliss-reactive ketones (excluding diaryl/α,β-unsaturated/α-hetero) is 1. The molecular formula is C36H28ClNO7. The Bertz CT molecular complexity index is 1850. The highest BCUT2D eigenvalue weighted by molar-refractivity contribution is 6.32. The summed E-state index contributed by atoms with van der Waals surface area (Å²) >= 11 is 6.50. The fourth-order valence-corrected chi connectivity index (χ4v) is 8.43. The summed E-state index contributed by atoms with van der Waals surface area (Å²) in [6.45, 7) is 0. The Morgan fingerprint density at radius 3 is 2.31 bits per heavy atom. The molecule has 3 aromatic rings. The smallest absolute Gasteiger partial charge is 0.423 e. The van der Waals surface area contributed by atoms with Gasteiger partial charge in [0.25, 0.3) is 0 Å². The topological polar surface area (TPSA) is 118 Å². The van der Waals surface area contributed by atoms with Gasteiger partial charge >= 0.3 is 6.09 Å². The van der Waals surface area contributed by atoms with Crippen LogP contribution >= 0.6 is 11.6 Å². The number of hydrogen-bond donors (Lipinski definition) is 1. The molecule has 0 bridgehead atoms. The number of benzene rings is 3. The highest BCUT2D eigenvalue weighted by Crippen LogP contribution is 2.64. The van der Waals surface area contributed by atoms with Gasteiger partial charge in [-0.3, -0.25) is 19.2 Å². The largest absolute Gasteiger partial charge is 0.508 e. The number of phenols is 1. The minimum absolute atomic E-state index is 0.0719. The normalized spacial score (nSPS) is 28.9. The van der Waals surface area contributed by atoms with Crippen LogP contribution in [0.5, 0.6) is 5.75 Å². The lowest BCUT2D eigenvalue weighted by Crippen LogP contribution is -2.58. The molecule has 0 spiro atoms. The molecule has 1 heterocycles. The number of likely N-dealkylation sites (tertiary alicyclic amines) is 1. The average Bonchev–Trinajstić information content (AvgIpc) is 3.32. The molecule has 3 aromatic carbocycles. The zero-order valence-corrected chi connectivity index (χ0v) is 24.9. The van der Waals surface area contributed by atoms with Crippen molar-refractivity contribution < 1.29 is 33.8 Å². The molecule has 2 fully saturated rings. The van der Waals surface area contributed by atoms with E-state index in [0.717, 1.165) is 7.11 Å². The van der Waals surface area contributed by atoms with E-state index < -0.39 is 52.9 Å². The van der Waals surface area contributed by atoms with Crippen LogP contribution in [-0.4, -0.2) is 46.6 Å². The number of nitrogens with zero attached hydrogens (tertiary/aromatic N) is 1. The maximum atomic E-state index is 14.9. The number of fused-ring (bicyclic) bond motifs is 4. The quantitative estimate of drug-likeness (QED) is 0.297. The highest BCUT2D eigenvalue weighted by Gasteiger charge is 2.66. The summed E-state index contributed by atoms with van der Waals surface area (Å²) in [5.41, 5.74) is 0.932. The first kappa shape index (κ1) is 28.9. The van der Waals surface area contributed by atoms with Crippen LogP contribution in [0.15, 0.2) is 96.6 Å². The third-order valence-electron chi connectivity index (χ3n) is 10.0. The van der Waals surface area contributed by atoms with Crippen LogP contribution in [0.3, 0.4) is 0 Å². The van der Waals surface area contributed by atoms with Gasteiger partial charge in [0, 0.05) is 28.0 Å². The van der Waals surface area contributed by atoms with Gasteiger partial charge in [0.05, 0.1) is 24.4 Å². The Morgan fingerprint density at radius 2 is 1.62 bits per heavy atom. The zero-order valence-electron chi connectivity index (χ0n) is 24.2. The molecule has 0 radical (unpaired) electrons. The SMILES string of the molecule is COC(=O)N1C(=O)C2CC=C3C(CC4C(=O)C(c5ccccc5)=CC(=O)C4(c4ccccc4)C3c3cc(Cl)ccc3O)C2C1=O. The molecule has 7 rings (SSSR count). The molecule has 0 aromatic heterocycles. The first-order chi connectivity index (χ1) is 21.7. The van der Waals surface area contributed by atoms with E-state index in [9.17, 15) is 29.1 Å². The molecule has 1 saturated carbocycles. The van der Waals surface area contributed by atoms with Crippen molar-refractivity contribution in [2.45, 2.75) is 24.2 Å². The van der Waals surface area contributed by atoms with Crippen molar-refractivity contribution in [3.8, 4) is 5.75 Å². The molecule has 3 aliphatic carbocycles. The van der Waals surface area contributed by atoms with E-state index in [2.05, 4.69) is 0 Å². The molecular weight excluding hydrogens is 594 g/mol. The molecule has 6 atom stereocenters. The van der Waals surface area contributed by atoms with Crippen molar-refractivity contribution >= 4 is 46.6 Å². The Kier molecular flexibility index (Phi) is 6.85. The number of ketones is 2. The predicted molar refractivity (Wildman–Crippen MR) is 164 cm³/mol. The predicted octanol–water partition coefficient (Wildman–Crippen LogP) is 5.64. The third-order valence-corrected chi connectivity index (χ3v) is 10.3. The minimum atomic E-state index is -1.50. The second kappa shape index (κ2) is 10.7. The van der Waals surface area contributed by atoms with Crippen LogP contribution in [-0.2, 0) is 29.3 Å². The molecule has 6 unspecified atom stereocenters. The average molecular weight is 622 g/mol. The van der Waals surface area contributed by atoms with Gasteiger partial charge in [-0.05, 0) is 54.2 Å². The summed E-state index contributed by atoms with van der Waals surface area (Å²) in [7, 11) is 1.10. The minimum Gasteiger partial charge on any atom is -0.508 e. The van der Waals surface area contributed by atoms with E-state index in [4.69, 9.17) is 16.3 Å². The number of methoxy groups -OCH3 is 1. The zero-order chi connectivity index (χ0) is 31.6. The number of carbonyl (C=O) groups is 5. The first-order valence-electron chi connectivity index (χ1n) is 14.8. The molecule has 1 aliphatic heterocycles. The fourth-order valence-electron chi connectivity index (χ4n) is 8.25. The van der Waals surface area contributed by atoms with Gasteiger partial charge < -0.3 is 9.84 Å². The van der Waals surface area contributed by atoms with Crippen LogP contribution in [0.25, 0.3) is 5.57 Å². The van der Waals surface area contributed by atoms with Crippen molar-refractivity contribution in [3.05, 3.63) is 118 Å². The summed E-state index contributed by atoms with van der Waals surface area (Å²) in [5.74, 6) is -6.42. The van der Waals surface area contributed by atoms with Gasteiger partial charge in [0.15, 0.2) is 11.6 Å². The van der Waals surface area contributed by atoms with E-state index >= 15 is 0 Å². The van der Waals surface area contributed by atoms with Crippen molar-refractivity contribution in [2.75, 3.05) is 7.11 Å². The number of amides is 3. The van der Waals surface area contributed by atoms with Gasteiger partial charge in [-0.15, -0.1) is 0 Å².